The zero-order valence-corrected chi connectivity index (χ0v) is 14.9. The second kappa shape index (κ2) is 5.83. The van der Waals surface area contributed by atoms with E-state index in [0.717, 1.165) is 48.2 Å². The first-order valence-corrected chi connectivity index (χ1v) is 9.37. The van der Waals surface area contributed by atoms with Crippen molar-refractivity contribution in [3.05, 3.63) is 54.0 Å². The van der Waals surface area contributed by atoms with Gasteiger partial charge in [0.25, 0.3) is 0 Å². The topological polar surface area (TPSA) is 61.0 Å². The molecule has 1 aromatic carbocycles. The lowest BCUT2D eigenvalue weighted by atomic mass is 10.00. The van der Waals surface area contributed by atoms with Gasteiger partial charge in [0.15, 0.2) is 0 Å². The number of hydrogen-bond acceptors (Lipinski definition) is 3. The van der Waals surface area contributed by atoms with Crippen LogP contribution in [0.3, 0.4) is 0 Å². The zero-order chi connectivity index (χ0) is 17.7. The summed E-state index contributed by atoms with van der Waals surface area (Å²) >= 11 is 0. The maximum atomic E-state index is 12.6. The Morgan fingerprint density at radius 2 is 1.92 bits per heavy atom. The maximum absolute atomic E-state index is 12.6. The molecule has 0 amide bonds. The van der Waals surface area contributed by atoms with Gasteiger partial charge in [-0.25, -0.2) is 0 Å². The number of piperidine rings is 1. The van der Waals surface area contributed by atoms with Crippen molar-refractivity contribution in [2.24, 2.45) is 0 Å². The number of pyridine rings is 1. The first kappa shape index (κ1) is 15.9. The lowest BCUT2D eigenvalue weighted by molar-refractivity contribution is -0.903. The number of benzene rings is 1. The van der Waals surface area contributed by atoms with Crippen LogP contribution in [0.4, 0.5) is 0 Å². The summed E-state index contributed by atoms with van der Waals surface area (Å²) in [6.45, 7) is 0. The summed E-state index contributed by atoms with van der Waals surface area (Å²) in [4.78, 5) is 7.79. The second-order valence-electron chi connectivity index (χ2n) is 7.81. The van der Waals surface area contributed by atoms with Crippen LogP contribution in [0.15, 0.2) is 48.8 Å². The highest BCUT2D eigenvalue weighted by atomic mass is 16.6. The van der Waals surface area contributed by atoms with Crippen LogP contribution in [-0.2, 0) is 0 Å². The third-order valence-corrected chi connectivity index (χ3v) is 6.24. The lowest BCUT2D eigenvalue weighted by Gasteiger charge is -2.50. The summed E-state index contributed by atoms with van der Waals surface area (Å²) in [5, 5.41) is 13.8. The largest absolute Gasteiger partial charge is 0.633 e. The molecule has 134 valence electrons. The molecule has 5 heteroatoms. The van der Waals surface area contributed by atoms with Gasteiger partial charge in [0.2, 0.25) is 0 Å². The highest BCUT2D eigenvalue weighted by Gasteiger charge is 2.47. The van der Waals surface area contributed by atoms with E-state index >= 15 is 0 Å². The lowest BCUT2D eigenvalue weighted by Crippen LogP contribution is -2.55. The molecule has 2 bridgehead atoms. The van der Waals surface area contributed by atoms with Crippen molar-refractivity contribution in [3.8, 4) is 17.0 Å². The molecular weight excluding hydrogens is 326 g/mol. The molecule has 2 atom stereocenters. The van der Waals surface area contributed by atoms with E-state index in [1.54, 1.807) is 6.20 Å². The summed E-state index contributed by atoms with van der Waals surface area (Å²) in [7, 11) is 1.83. The molecule has 5 nitrogen and oxygen atoms in total. The van der Waals surface area contributed by atoms with Gasteiger partial charge in [-0.1, -0.05) is 6.07 Å². The van der Waals surface area contributed by atoms with Crippen LogP contribution in [0.1, 0.15) is 25.7 Å². The molecule has 26 heavy (non-hydrogen) atoms. The summed E-state index contributed by atoms with van der Waals surface area (Å²) in [6.07, 6.45) is 7.65. The van der Waals surface area contributed by atoms with Crippen LogP contribution in [-0.4, -0.2) is 39.8 Å². The number of rotatable bonds is 3. The van der Waals surface area contributed by atoms with Gasteiger partial charge in [-0.15, -0.1) is 0 Å². The minimum atomic E-state index is -0.0708. The molecule has 0 spiro atoms. The number of H-pyrrole nitrogens is 1. The number of quaternary nitrogens is 1. The van der Waals surface area contributed by atoms with Gasteiger partial charge in [0.05, 0.1) is 31.0 Å². The van der Waals surface area contributed by atoms with Crippen LogP contribution >= 0.6 is 0 Å². The van der Waals surface area contributed by atoms with Gasteiger partial charge >= 0.3 is 0 Å². The highest BCUT2D eigenvalue weighted by molar-refractivity contribution is 5.84. The van der Waals surface area contributed by atoms with Gasteiger partial charge in [-0.2, -0.15) is 0 Å². The van der Waals surface area contributed by atoms with Crippen LogP contribution in [0, 0.1) is 5.21 Å². The average Bonchev–Trinajstić information content (AvgIpc) is 3.12. The Kier molecular flexibility index (Phi) is 3.55. The third-order valence-electron chi connectivity index (χ3n) is 6.24. The Hall–Kier alpha value is -2.37. The number of hydrogen-bond donors (Lipinski definition) is 1. The molecule has 2 aliphatic heterocycles. The Bertz CT molecular complexity index is 916. The zero-order valence-electron chi connectivity index (χ0n) is 14.9. The smallest absolute Gasteiger partial charge is 0.138 e. The SMILES string of the molecule is C[N+]1([O-])[C@@H]2CC[C@@H]1CC(Oc1ccc(-c3ccc4[nH]ccc4c3)nc1)C2. The quantitative estimate of drug-likeness (QED) is 0.568. The number of hydroxylamine groups is 3. The Morgan fingerprint density at radius 3 is 2.65 bits per heavy atom. The summed E-state index contributed by atoms with van der Waals surface area (Å²) in [5.41, 5.74) is 3.16. The summed E-state index contributed by atoms with van der Waals surface area (Å²) < 4.78 is 6.09. The molecule has 2 fully saturated rings. The minimum absolute atomic E-state index is 0.0708. The summed E-state index contributed by atoms with van der Waals surface area (Å²) in [5.74, 6) is 0.794. The number of ether oxygens (including phenoxy) is 1. The van der Waals surface area contributed by atoms with Crippen molar-refractivity contribution >= 4 is 10.9 Å². The van der Waals surface area contributed by atoms with Crippen LogP contribution in [0.25, 0.3) is 22.2 Å². The van der Waals surface area contributed by atoms with Crippen molar-refractivity contribution in [1.82, 2.24) is 9.97 Å². The van der Waals surface area contributed by atoms with E-state index in [-0.39, 0.29) is 22.8 Å². The molecule has 0 radical (unpaired) electrons. The fraction of sp³-hybridized carbons (Fsp3) is 0.381. The van der Waals surface area contributed by atoms with Crippen molar-refractivity contribution < 1.29 is 9.38 Å². The monoisotopic (exact) mass is 349 g/mol. The van der Waals surface area contributed by atoms with Crippen molar-refractivity contribution in [1.29, 1.82) is 0 Å². The van der Waals surface area contributed by atoms with Gasteiger partial charge in [-0.3, -0.25) is 4.98 Å². The fourth-order valence-electron chi connectivity index (χ4n) is 4.68. The van der Waals surface area contributed by atoms with Crippen molar-refractivity contribution in [2.45, 2.75) is 43.9 Å². The van der Waals surface area contributed by atoms with E-state index in [9.17, 15) is 5.21 Å². The average molecular weight is 349 g/mol. The molecule has 0 saturated carbocycles. The standard InChI is InChI=1S/C21H23N3O2/c1-24(25)16-3-4-17(24)12-19(11-16)26-18-5-7-21(23-13-18)14-2-6-20-15(10-14)8-9-22-20/h2,5-10,13,16-17,19,22H,3-4,11-12H2,1H3/t16-,17-,19?,24?/m1/s1. The third kappa shape index (κ3) is 2.59. The number of nitrogens with zero attached hydrogens (tertiary/aromatic N) is 2. The van der Waals surface area contributed by atoms with E-state index in [1.807, 2.05) is 25.4 Å². The fourth-order valence-corrected chi connectivity index (χ4v) is 4.68. The van der Waals surface area contributed by atoms with Gasteiger partial charge in [0, 0.05) is 48.3 Å². The molecule has 1 N–H and O–H groups in total. The van der Waals surface area contributed by atoms with E-state index < -0.39 is 0 Å². The number of aromatic amines is 1. The Balaban J connectivity index is 1.31. The van der Waals surface area contributed by atoms with E-state index in [0.29, 0.717) is 0 Å². The molecule has 2 saturated heterocycles. The predicted octanol–water partition coefficient (Wildman–Crippen LogP) is 4.25. The van der Waals surface area contributed by atoms with Crippen molar-refractivity contribution in [2.75, 3.05) is 7.05 Å². The van der Waals surface area contributed by atoms with Crippen LogP contribution in [0.2, 0.25) is 0 Å². The highest BCUT2D eigenvalue weighted by Crippen LogP contribution is 2.41. The molecule has 0 aliphatic carbocycles. The molecule has 0 unspecified atom stereocenters. The normalized spacial score (nSPS) is 30.6. The Morgan fingerprint density at radius 1 is 1.12 bits per heavy atom. The molecular formula is C21H23N3O2. The molecule has 5 rings (SSSR count). The molecule has 2 aliphatic rings. The minimum Gasteiger partial charge on any atom is -0.633 e. The molecule has 2 aromatic heterocycles. The Labute approximate surface area is 152 Å². The second-order valence-corrected chi connectivity index (χ2v) is 7.81. The van der Waals surface area contributed by atoms with Crippen LogP contribution < -0.4 is 4.74 Å². The van der Waals surface area contributed by atoms with Gasteiger partial charge in [0.1, 0.15) is 11.9 Å². The maximum Gasteiger partial charge on any atom is 0.138 e. The molecule has 4 heterocycles. The first-order chi connectivity index (χ1) is 12.6. The number of nitrogens with one attached hydrogen (secondary N) is 1. The van der Waals surface area contributed by atoms with Crippen molar-refractivity contribution in [3.63, 3.8) is 0 Å². The van der Waals surface area contributed by atoms with E-state index in [1.165, 1.54) is 5.39 Å². The first-order valence-electron chi connectivity index (χ1n) is 9.37. The van der Waals surface area contributed by atoms with E-state index in [4.69, 9.17) is 4.74 Å². The number of fused-ring (bicyclic) bond motifs is 3. The number of aromatic nitrogens is 2. The van der Waals surface area contributed by atoms with Gasteiger partial charge < -0.3 is 19.6 Å². The molecule has 3 aromatic rings. The van der Waals surface area contributed by atoms with E-state index in [2.05, 4.69) is 34.2 Å². The predicted molar refractivity (Wildman–Crippen MR) is 102 cm³/mol. The summed E-state index contributed by atoms with van der Waals surface area (Å²) in [6, 6.07) is 12.7. The van der Waals surface area contributed by atoms with Crippen LogP contribution in [0.5, 0.6) is 5.75 Å². The van der Waals surface area contributed by atoms with Gasteiger partial charge in [-0.05, 0) is 30.3 Å².